The van der Waals surface area contributed by atoms with Gasteiger partial charge in [-0.05, 0) is 11.8 Å². The molecule has 14 heavy (non-hydrogen) atoms. The molecule has 0 fully saturated rings. The van der Waals surface area contributed by atoms with E-state index in [-0.39, 0.29) is 37.3 Å². The third-order valence-corrected chi connectivity index (χ3v) is 1.70. The van der Waals surface area contributed by atoms with Gasteiger partial charge in [-0.25, -0.2) is 4.79 Å². The van der Waals surface area contributed by atoms with Crippen molar-refractivity contribution < 1.29 is 27.8 Å². The van der Waals surface area contributed by atoms with Crippen molar-refractivity contribution in [2.45, 2.75) is 5.51 Å². The highest BCUT2D eigenvalue weighted by molar-refractivity contribution is 8.00. The van der Waals surface area contributed by atoms with Crippen LogP contribution in [0.4, 0.5) is 18.0 Å². The van der Waals surface area contributed by atoms with Crippen molar-refractivity contribution in [2.75, 3.05) is 25.5 Å². The van der Waals surface area contributed by atoms with Gasteiger partial charge < -0.3 is 15.2 Å². The van der Waals surface area contributed by atoms with Crippen LogP contribution in [-0.4, -0.2) is 42.2 Å². The number of amides is 1. The average Bonchev–Trinajstić information content (AvgIpc) is 2.07. The molecule has 0 aliphatic heterocycles. The maximum Gasteiger partial charge on any atom is 0.441 e. The summed E-state index contributed by atoms with van der Waals surface area (Å²) in [5, 5.41) is 10.3. The minimum atomic E-state index is -4.28. The number of carbonyl (C=O) groups excluding carboxylic acids is 1. The van der Waals surface area contributed by atoms with Gasteiger partial charge in [-0.1, -0.05) is 0 Å². The Balaban J connectivity index is 3.32. The van der Waals surface area contributed by atoms with E-state index >= 15 is 0 Å². The molecule has 0 aromatic rings. The molecule has 0 saturated heterocycles. The van der Waals surface area contributed by atoms with Crippen LogP contribution < -0.4 is 5.32 Å². The molecule has 0 spiro atoms. The molecule has 4 nitrogen and oxygen atoms in total. The molecule has 0 aliphatic rings. The van der Waals surface area contributed by atoms with Gasteiger partial charge >= 0.3 is 11.6 Å². The zero-order valence-electron chi connectivity index (χ0n) is 7.13. The number of alkyl halides is 3. The van der Waals surface area contributed by atoms with E-state index in [9.17, 15) is 18.0 Å². The molecule has 0 unspecified atom stereocenters. The van der Waals surface area contributed by atoms with Gasteiger partial charge in [0.2, 0.25) is 0 Å². The molecular weight excluding hydrogens is 223 g/mol. The summed E-state index contributed by atoms with van der Waals surface area (Å²) in [6.45, 7) is -0.614. The van der Waals surface area contributed by atoms with Gasteiger partial charge in [-0.3, -0.25) is 0 Å². The number of hydrogen-bond acceptors (Lipinski definition) is 4. The number of aliphatic hydroxyl groups is 1. The maximum absolute atomic E-state index is 11.6. The summed E-state index contributed by atoms with van der Waals surface area (Å²) in [5.74, 6) is -0.266. The monoisotopic (exact) mass is 233 g/mol. The smallest absolute Gasteiger partial charge is 0.441 e. The van der Waals surface area contributed by atoms with Gasteiger partial charge in [-0.15, -0.1) is 0 Å². The standard InChI is InChI=1S/C6H10F3NO3S/c7-6(8,9)14-4-1-10-5(12)13-3-2-11/h11H,1-4H2,(H,10,12). The normalized spacial score (nSPS) is 11.1. The van der Waals surface area contributed by atoms with Crippen LogP contribution in [0.15, 0.2) is 0 Å². The number of ether oxygens (including phenoxy) is 1. The van der Waals surface area contributed by atoms with Crippen LogP contribution >= 0.6 is 11.8 Å². The first-order valence-corrected chi connectivity index (χ1v) is 4.66. The first-order chi connectivity index (χ1) is 6.45. The SMILES string of the molecule is O=C(NCCSC(F)(F)F)OCCO. The van der Waals surface area contributed by atoms with E-state index in [0.717, 1.165) is 0 Å². The van der Waals surface area contributed by atoms with Gasteiger partial charge in [0, 0.05) is 12.3 Å². The fourth-order valence-electron chi connectivity index (χ4n) is 0.509. The molecule has 1 amide bonds. The molecule has 0 heterocycles. The predicted octanol–water partition coefficient (Wildman–Crippen LogP) is 0.958. The van der Waals surface area contributed by atoms with Crippen LogP contribution in [0.25, 0.3) is 0 Å². The van der Waals surface area contributed by atoms with Crippen LogP contribution in [0.1, 0.15) is 0 Å². The van der Waals surface area contributed by atoms with Crippen molar-refractivity contribution in [2.24, 2.45) is 0 Å². The second kappa shape index (κ2) is 6.77. The van der Waals surface area contributed by atoms with Crippen LogP contribution in [-0.2, 0) is 4.74 Å². The van der Waals surface area contributed by atoms with E-state index < -0.39 is 11.6 Å². The van der Waals surface area contributed by atoms with Crippen LogP contribution in [0.5, 0.6) is 0 Å². The first-order valence-electron chi connectivity index (χ1n) is 3.68. The highest BCUT2D eigenvalue weighted by atomic mass is 32.2. The highest BCUT2D eigenvalue weighted by Crippen LogP contribution is 2.29. The van der Waals surface area contributed by atoms with Crippen molar-refractivity contribution in [3.8, 4) is 0 Å². The Hall–Kier alpha value is -0.630. The van der Waals surface area contributed by atoms with Crippen molar-refractivity contribution in [3.05, 3.63) is 0 Å². The molecule has 84 valence electrons. The Labute approximate surface area is 82.8 Å². The third kappa shape index (κ3) is 9.46. The van der Waals surface area contributed by atoms with Gasteiger partial charge in [0.15, 0.2) is 0 Å². The molecule has 0 aromatic carbocycles. The summed E-state index contributed by atoms with van der Waals surface area (Å²) in [7, 11) is 0. The maximum atomic E-state index is 11.6. The van der Waals surface area contributed by atoms with Crippen molar-refractivity contribution in [1.82, 2.24) is 5.32 Å². The lowest BCUT2D eigenvalue weighted by Crippen LogP contribution is -2.28. The molecule has 0 atom stereocenters. The van der Waals surface area contributed by atoms with Gasteiger partial charge in [-0.2, -0.15) is 13.2 Å². The van der Waals surface area contributed by atoms with E-state index in [2.05, 4.69) is 10.1 Å². The van der Waals surface area contributed by atoms with E-state index in [4.69, 9.17) is 5.11 Å². The van der Waals surface area contributed by atoms with Crippen molar-refractivity contribution in [1.29, 1.82) is 0 Å². The summed E-state index contributed by atoms with van der Waals surface area (Å²) in [4.78, 5) is 10.6. The van der Waals surface area contributed by atoms with E-state index in [1.165, 1.54) is 0 Å². The number of carbonyl (C=O) groups is 1. The number of hydrogen-bond donors (Lipinski definition) is 2. The predicted molar refractivity (Wildman–Crippen MR) is 44.9 cm³/mol. The van der Waals surface area contributed by atoms with E-state index in [1.807, 2.05) is 0 Å². The van der Waals surface area contributed by atoms with Gasteiger partial charge in [0.25, 0.3) is 0 Å². The quantitative estimate of drug-likeness (QED) is 0.694. The van der Waals surface area contributed by atoms with Crippen LogP contribution in [0.3, 0.4) is 0 Å². The lowest BCUT2D eigenvalue weighted by Gasteiger charge is -2.07. The molecule has 2 N–H and O–H groups in total. The summed E-state index contributed by atoms with van der Waals surface area (Å²) in [6.07, 6.45) is -0.832. The first kappa shape index (κ1) is 13.4. The van der Waals surface area contributed by atoms with Crippen LogP contribution in [0.2, 0.25) is 0 Å². The second-order valence-corrected chi connectivity index (χ2v) is 3.24. The largest absolute Gasteiger partial charge is 0.447 e. The molecule has 0 rings (SSSR count). The molecule has 0 aliphatic carbocycles. The Bertz CT molecular complexity index is 176. The number of nitrogens with one attached hydrogen (secondary N) is 1. The Morgan fingerprint density at radius 1 is 1.50 bits per heavy atom. The summed E-state index contributed by atoms with van der Waals surface area (Å²) >= 11 is -0.220. The topological polar surface area (TPSA) is 58.6 Å². The zero-order chi connectivity index (χ0) is 11.0. The molecule has 0 bridgehead atoms. The summed E-state index contributed by atoms with van der Waals surface area (Å²) in [5.41, 5.74) is -4.28. The highest BCUT2D eigenvalue weighted by Gasteiger charge is 2.27. The Morgan fingerprint density at radius 3 is 2.64 bits per heavy atom. The summed E-state index contributed by atoms with van der Waals surface area (Å²) < 4.78 is 39.0. The second-order valence-electron chi connectivity index (χ2n) is 2.08. The number of rotatable bonds is 5. The minimum absolute atomic E-state index is 0.131. The zero-order valence-corrected chi connectivity index (χ0v) is 7.95. The van der Waals surface area contributed by atoms with Crippen molar-refractivity contribution >= 4 is 17.9 Å². The van der Waals surface area contributed by atoms with Crippen LogP contribution in [0, 0.1) is 0 Å². The third-order valence-electron chi connectivity index (χ3n) is 0.962. The number of aliphatic hydroxyl groups excluding tert-OH is 1. The number of alkyl carbamates (subject to hydrolysis) is 1. The number of thioether (sulfide) groups is 1. The molecule has 0 radical (unpaired) electrons. The fraction of sp³-hybridized carbons (Fsp3) is 0.833. The van der Waals surface area contributed by atoms with Gasteiger partial charge in [0.05, 0.1) is 6.61 Å². The lowest BCUT2D eigenvalue weighted by molar-refractivity contribution is -0.0327. The van der Waals surface area contributed by atoms with E-state index in [0.29, 0.717) is 0 Å². The minimum Gasteiger partial charge on any atom is -0.447 e. The summed E-state index contributed by atoms with van der Waals surface area (Å²) in [6, 6.07) is 0. The van der Waals surface area contributed by atoms with E-state index in [1.54, 1.807) is 0 Å². The Kier molecular flexibility index (Phi) is 6.46. The molecular formula is C6H10F3NO3S. The fourth-order valence-corrected chi connectivity index (χ4v) is 0.945. The molecule has 8 heteroatoms. The molecule has 0 saturated carbocycles. The average molecular weight is 233 g/mol. The Morgan fingerprint density at radius 2 is 2.14 bits per heavy atom. The number of halogens is 3. The lowest BCUT2D eigenvalue weighted by atomic mass is 10.7. The van der Waals surface area contributed by atoms with Gasteiger partial charge in [0.1, 0.15) is 6.61 Å². The molecule has 0 aromatic heterocycles. The van der Waals surface area contributed by atoms with Crippen molar-refractivity contribution in [3.63, 3.8) is 0 Å².